The fourth-order valence-electron chi connectivity index (χ4n) is 2.51. The number of methoxy groups -OCH3 is 3. The van der Waals surface area contributed by atoms with Gasteiger partial charge in [0.2, 0.25) is 0 Å². The van der Waals surface area contributed by atoms with Gasteiger partial charge in [-0.05, 0) is 41.8 Å². The van der Waals surface area contributed by atoms with Gasteiger partial charge in [-0.1, -0.05) is 24.3 Å². The second-order valence-electron chi connectivity index (χ2n) is 5.63. The molecule has 6 nitrogen and oxygen atoms in total. The van der Waals surface area contributed by atoms with Crippen molar-refractivity contribution in [3.63, 3.8) is 0 Å². The molecule has 0 amide bonds. The normalized spacial score (nSPS) is 12.0. The quantitative estimate of drug-likeness (QED) is 0.740. The van der Waals surface area contributed by atoms with Crippen LogP contribution in [0.4, 0.5) is 0 Å². The van der Waals surface area contributed by atoms with Crippen LogP contribution in [0, 0.1) is 5.92 Å². The number of carbonyl (C=O) groups excluding carboxylic acids is 1. The van der Waals surface area contributed by atoms with Gasteiger partial charge in [0, 0.05) is 0 Å². The van der Waals surface area contributed by atoms with Crippen LogP contribution in [-0.4, -0.2) is 37.5 Å². The first-order chi connectivity index (χ1) is 12.5. The number of phenols is 2. The van der Waals surface area contributed by atoms with Gasteiger partial charge in [-0.3, -0.25) is 4.79 Å². The number of phenolic OH excluding ortho intramolecular Hbond substituents is 2. The minimum absolute atomic E-state index is 0.0394. The summed E-state index contributed by atoms with van der Waals surface area (Å²) in [6.45, 7) is 0. The van der Waals surface area contributed by atoms with E-state index in [9.17, 15) is 15.0 Å². The van der Waals surface area contributed by atoms with E-state index in [4.69, 9.17) is 14.2 Å². The van der Waals surface area contributed by atoms with E-state index in [1.54, 1.807) is 36.4 Å². The number of esters is 1. The molecular weight excluding hydrogens is 336 g/mol. The van der Waals surface area contributed by atoms with Gasteiger partial charge in [0.05, 0.1) is 27.2 Å². The minimum atomic E-state index is -0.519. The summed E-state index contributed by atoms with van der Waals surface area (Å²) in [6.07, 6.45) is 3.88. The Morgan fingerprint density at radius 2 is 1.62 bits per heavy atom. The van der Waals surface area contributed by atoms with E-state index in [0.29, 0.717) is 17.9 Å². The van der Waals surface area contributed by atoms with E-state index in [-0.39, 0.29) is 17.5 Å². The van der Waals surface area contributed by atoms with Crippen LogP contribution >= 0.6 is 0 Å². The monoisotopic (exact) mass is 358 g/mol. The first-order valence-electron chi connectivity index (χ1n) is 7.97. The summed E-state index contributed by atoms with van der Waals surface area (Å²) in [7, 11) is 4.27. The van der Waals surface area contributed by atoms with Crippen molar-refractivity contribution in [1.82, 2.24) is 0 Å². The van der Waals surface area contributed by atoms with Gasteiger partial charge >= 0.3 is 5.97 Å². The molecule has 1 unspecified atom stereocenters. The molecule has 1 atom stereocenters. The Balaban J connectivity index is 2.23. The molecule has 0 spiro atoms. The summed E-state index contributed by atoms with van der Waals surface area (Å²) in [4.78, 5) is 12.1. The fourth-order valence-corrected chi connectivity index (χ4v) is 2.51. The zero-order valence-corrected chi connectivity index (χ0v) is 14.9. The van der Waals surface area contributed by atoms with Gasteiger partial charge < -0.3 is 24.4 Å². The lowest BCUT2D eigenvalue weighted by Crippen LogP contribution is -2.16. The van der Waals surface area contributed by atoms with Gasteiger partial charge in [0.25, 0.3) is 0 Å². The number of rotatable bonds is 7. The topological polar surface area (TPSA) is 85.2 Å². The Morgan fingerprint density at radius 1 is 1.00 bits per heavy atom. The Kier molecular flexibility index (Phi) is 6.49. The lowest BCUT2D eigenvalue weighted by atomic mass is 9.97. The highest BCUT2D eigenvalue weighted by Crippen LogP contribution is 2.29. The molecule has 0 aliphatic carbocycles. The van der Waals surface area contributed by atoms with Crippen LogP contribution in [0.3, 0.4) is 0 Å². The first-order valence-corrected chi connectivity index (χ1v) is 7.97. The van der Waals surface area contributed by atoms with Crippen molar-refractivity contribution in [2.75, 3.05) is 21.3 Å². The van der Waals surface area contributed by atoms with Crippen molar-refractivity contribution in [2.45, 2.75) is 6.42 Å². The van der Waals surface area contributed by atoms with Crippen molar-refractivity contribution >= 4 is 12.0 Å². The summed E-state index contributed by atoms with van der Waals surface area (Å²) in [5.74, 6) is -0.112. The molecule has 6 heteroatoms. The molecule has 2 rings (SSSR count). The van der Waals surface area contributed by atoms with Crippen molar-refractivity contribution < 1.29 is 29.2 Å². The van der Waals surface area contributed by atoms with Crippen molar-refractivity contribution in [2.24, 2.45) is 5.92 Å². The number of carbonyl (C=O) groups is 1. The molecule has 0 aliphatic rings. The van der Waals surface area contributed by atoms with Crippen LogP contribution < -0.4 is 9.47 Å². The molecule has 0 bridgehead atoms. The molecule has 0 heterocycles. The van der Waals surface area contributed by atoms with Crippen LogP contribution in [0.2, 0.25) is 0 Å². The number of hydrogen-bond acceptors (Lipinski definition) is 6. The van der Waals surface area contributed by atoms with Gasteiger partial charge in [0.15, 0.2) is 23.0 Å². The summed E-state index contributed by atoms with van der Waals surface area (Å²) in [6, 6.07) is 9.84. The Morgan fingerprint density at radius 3 is 2.23 bits per heavy atom. The minimum Gasteiger partial charge on any atom is -0.504 e. The van der Waals surface area contributed by atoms with Gasteiger partial charge in [-0.25, -0.2) is 0 Å². The maximum Gasteiger partial charge on any atom is 0.312 e. The van der Waals surface area contributed by atoms with Crippen LogP contribution in [0.25, 0.3) is 6.08 Å². The van der Waals surface area contributed by atoms with E-state index in [1.807, 2.05) is 0 Å². The lowest BCUT2D eigenvalue weighted by Gasteiger charge is -2.12. The zero-order chi connectivity index (χ0) is 19.1. The summed E-state index contributed by atoms with van der Waals surface area (Å²) >= 11 is 0. The number of ether oxygens (including phenoxy) is 3. The molecular formula is C20H22O6. The van der Waals surface area contributed by atoms with Crippen molar-refractivity contribution in [3.8, 4) is 23.0 Å². The molecule has 0 fully saturated rings. The van der Waals surface area contributed by atoms with E-state index in [0.717, 1.165) is 11.1 Å². The number of hydrogen-bond donors (Lipinski definition) is 2. The summed E-state index contributed by atoms with van der Waals surface area (Å²) < 4.78 is 15.1. The highest BCUT2D eigenvalue weighted by Gasteiger charge is 2.17. The van der Waals surface area contributed by atoms with Crippen LogP contribution in [0.15, 0.2) is 42.5 Å². The van der Waals surface area contributed by atoms with Crippen molar-refractivity contribution in [3.05, 3.63) is 53.6 Å². The molecule has 2 N–H and O–H groups in total. The van der Waals surface area contributed by atoms with E-state index >= 15 is 0 Å². The average molecular weight is 358 g/mol. The Hall–Kier alpha value is -3.15. The zero-order valence-electron chi connectivity index (χ0n) is 14.9. The third kappa shape index (κ3) is 4.69. The third-order valence-corrected chi connectivity index (χ3v) is 3.93. The summed E-state index contributed by atoms with van der Waals surface area (Å²) in [5, 5.41) is 19.3. The number of aromatic hydroxyl groups is 2. The van der Waals surface area contributed by atoms with E-state index in [1.165, 1.54) is 33.5 Å². The van der Waals surface area contributed by atoms with Crippen molar-refractivity contribution in [1.29, 1.82) is 0 Å². The van der Waals surface area contributed by atoms with Crippen LogP contribution in [-0.2, 0) is 16.0 Å². The second kappa shape index (κ2) is 8.80. The Bertz CT molecular complexity index is 797. The van der Waals surface area contributed by atoms with E-state index in [2.05, 4.69) is 0 Å². The maximum absolute atomic E-state index is 12.1. The molecule has 0 radical (unpaired) electrons. The standard InChI is InChI=1S/C20H22O6/c1-24-18-11-13(5-8-16(18)21)4-7-15(20(23)26-3)10-14-6-9-17(22)19(12-14)25-2/h4-9,11-12,15,21-22H,10H2,1-3H3/b7-4+. The molecule has 2 aromatic carbocycles. The predicted octanol–water partition coefficient (Wildman–Crippen LogP) is 3.16. The lowest BCUT2D eigenvalue weighted by molar-refractivity contribution is -0.143. The van der Waals surface area contributed by atoms with E-state index < -0.39 is 5.92 Å². The second-order valence-corrected chi connectivity index (χ2v) is 5.63. The predicted molar refractivity (Wildman–Crippen MR) is 97.6 cm³/mol. The molecule has 138 valence electrons. The van der Waals surface area contributed by atoms with Crippen LogP contribution in [0.5, 0.6) is 23.0 Å². The largest absolute Gasteiger partial charge is 0.504 e. The molecule has 2 aromatic rings. The number of benzene rings is 2. The molecule has 0 saturated heterocycles. The molecule has 0 aromatic heterocycles. The molecule has 26 heavy (non-hydrogen) atoms. The first kappa shape index (κ1) is 19.2. The van der Waals surface area contributed by atoms with Gasteiger partial charge in [-0.2, -0.15) is 0 Å². The smallest absolute Gasteiger partial charge is 0.312 e. The molecule has 0 aliphatic heterocycles. The average Bonchev–Trinajstić information content (AvgIpc) is 2.66. The maximum atomic E-state index is 12.1. The summed E-state index contributed by atoms with van der Waals surface area (Å²) in [5.41, 5.74) is 1.60. The third-order valence-electron chi connectivity index (χ3n) is 3.93. The van der Waals surface area contributed by atoms with Gasteiger partial charge in [-0.15, -0.1) is 0 Å². The Labute approximate surface area is 152 Å². The van der Waals surface area contributed by atoms with Gasteiger partial charge in [0.1, 0.15) is 0 Å². The SMILES string of the molecule is COC(=O)C(/C=C/c1ccc(O)c(OC)c1)Cc1ccc(O)c(OC)c1. The highest BCUT2D eigenvalue weighted by molar-refractivity contribution is 5.76. The highest BCUT2D eigenvalue weighted by atomic mass is 16.5. The fraction of sp³-hybridized carbons (Fsp3) is 0.250. The van der Waals surface area contributed by atoms with Crippen LogP contribution in [0.1, 0.15) is 11.1 Å². The molecule has 0 saturated carbocycles.